The first-order chi connectivity index (χ1) is 8.15. The molecule has 0 saturated carbocycles. The zero-order valence-electron chi connectivity index (χ0n) is 10.1. The van der Waals surface area contributed by atoms with E-state index >= 15 is 0 Å². The predicted molar refractivity (Wildman–Crippen MR) is 66.6 cm³/mol. The third-order valence-electron chi connectivity index (χ3n) is 2.31. The second-order valence-corrected chi connectivity index (χ2v) is 4.07. The van der Waals surface area contributed by atoms with Gasteiger partial charge in [0.05, 0.1) is 13.0 Å². The normalized spacial score (nSPS) is 10.3. The minimum absolute atomic E-state index is 0.129. The van der Waals surface area contributed by atoms with Gasteiger partial charge in [0.1, 0.15) is 5.15 Å². The van der Waals surface area contributed by atoms with Gasteiger partial charge in [-0.1, -0.05) is 31.0 Å². The molecule has 0 aliphatic heterocycles. The van der Waals surface area contributed by atoms with Crippen LogP contribution in [0.1, 0.15) is 25.3 Å². The van der Waals surface area contributed by atoms with E-state index in [9.17, 15) is 4.79 Å². The third kappa shape index (κ3) is 4.71. The first-order valence-corrected chi connectivity index (χ1v) is 6.01. The molecule has 1 heterocycles. The van der Waals surface area contributed by atoms with Crippen LogP contribution in [0, 0.1) is 0 Å². The Morgan fingerprint density at radius 2 is 2.35 bits per heavy atom. The molecule has 0 bridgehead atoms. The molecule has 5 heteroatoms. The Kier molecular flexibility index (Phi) is 5.94. The van der Waals surface area contributed by atoms with Crippen LogP contribution in [0.3, 0.4) is 0 Å². The van der Waals surface area contributed by atoms with Crippen molar-refractivity contribution in [2.45, 2.75) is 26.2 Å². The summed E-state index contributed by atoms with van der Waals surface area (Å²) in [6, 6.07) is 3.54. The molecule has 0 radical (unpaired) electrons. The Morgan fingerprint density at radius 1 is 1.59 bits per heavy atom. The van der Waals surface area contributed by atoms with E-state index in [0.29, 0.717) is 17.3 Å². The molecule has 1 amide bonds. The topological polar surface area (TPSA) is 42.4 Å². The molecule has 1 aromatic rings. The minimum Gasteiger partial charge on any atom is -0.272 e. The summed E-state index contributed by atoms with van der Waals surface area (Å²) in [6.45, 7) is 2.63. The average molecular weight is 257 g/mol. The lowest BCUT2D eigenvalue weighted by molar-refractivity contribution is -0.177. The monoisotopic (exact) mass is 256 g/mol. The van der Waals surface area contributed by atoms with Crippen molar-refractivity contribution in [2.24, 2.45) is 0 Å². The number of hydrogen-bond acceptors (Lipinski definition) is 3. The summed E-state index contributed by atoms with van der Waals surface area (Å²) in [5, 5.41) is 1.63. The van der Waals surface area contributed by atoms with Gasteiger partial charge in [-0.2, -0.15) is 0 Å². The molecule has 94 valence electrons. The van der Waals surface area contributed by atoms with Crippen molar-refractivity contribution in [3.63, 3.8) is 0 Å². The molecule has 17 heavy (non-hydrogen) atoms. The number of rotatable bonds is 6. The maximum atomic E-state index is 11.8. The van der Waals surface area contributed by atoms with E-state index in [-0.39, 0.29) is 12.3 Å². The van der Waals surface area contributed by atoms with Gasteiger partial charge in [-0.25, -0.2) is 10.0 Å². The van der Waals surface area contributed by atoms with Crippen molar-refractivity contribution in [3.05, 3.63) is 29.0 Å². The number of pyridine rings is 1. The van der Waals surface area contributed by atoms with Crippen LogP contribution in [0.4, 0.5) is 0 Å². The van der Waals surface area contributed by atoms with Crippen molar-refractivity contribution in [2.75, 3.05) is 13.7 Å². The summed E-state index contributed by atoms with van der Waals surface area (Å²) in [6.07, 6.45) is 3.77. The molecule has 0 unspecified atom stereocenters. The molecule has 0 saturated heterocycles. The number of amides is 1. The average Bonchev–Trinajstić information content (AvgIpc) is 2.32. The number of unbranched alkanes of at least 4 members (excludes halogenated alkanes) is 1. The van der Waals surface area contributed by atoms with E-state index in [1.54, 1.807) is 25.4 Å². The number of hydrogen-bond donors (Lipinski definition) is 0. The Hall–Kier alpha value is -1.13. The first-order valence-electron chi connectivity index (χ1n) is 5.64. The van der Waals surface area contributed by atoms with Crippen molar-refractivity contribution >= 4 is 17.5 Å². The molecule has 4 nitrogen and oxygen atoms in total. The molecule has 0 spiro atoms. The van der Waals surface area contributed by atoms with Crippen molar-refractivity contribution in [1.29, 1.82) is 0 Å². The van der Waals surface area contributed by atoms with Crippen LogP contribution in [0.2, 0.25) is 5.15 Å². The second kappa shape index (κ2) is 7.25. The Morgan fingerprint density at radius 3 is 3.00 bits per heavy atom. The minimum atomic E-state index is -0.129. The van der Waals surface area contributed by atoms with Crippen LogP contribution < -0.4 is 0 Å². The van der Waals surface area contributed by atoms with Gasteiger partial charge in [0.15, 0.2) is 0 Å². The fourth-order valence-corrected chi connectivity index (χ4v) is 1.43. The summed E-state index contributed by atoms with van der Waals surface area (Å²) < 4.78 is 0. The van der Waals surface area contributed by atoms with E-state index in [0.717, 1.165) is 12.8 Å². The predicted octanol–water partition coefficient (Wildman–Crippen LogP) is 2.47. The molecular formula is C12H17ClN2O2. The highest BCUT2D eigenvalue weighted by molar-refractivity contribution is 6.30. The van der Waals surface area contributed by atoms with Crippen molar-refractivity contribution in [1.82, 2.24) is 10.0 Å². The van der Waals surface area contributed by atoms with Crippen LogP contribution >= 0.6 is 11.6 Å². The van der Waals surface area contributed by atoms with Crippen LogP contribution in [0.25, 0.3) is 0 Å². The lowest BCUT2D eigenvalue weighted by Crippen LogP contribution is -2.29. The highest BCUT2D eigenvalue weighted by Crippen LogP contribution is 2.13. The van der Waals surface area contributed by atoms with Gasteiger partial charge >= 0.3 is 0 Å². The summed E-state index contributed by atoms with van der Waals surface area (Å²) in [5.74, 6) is -0.129. The summed E-state index contributed by atoms with van der Waals surface area (Å²) in [5.41, 5.74) is 0.713. The van der Waals surface area contributed by atoms with Gasteiger partial charge in [-0.05, 0) is 18.1 Å². The van der Waals surface area contributed by atoms with Gasteiger partial charge in [0, 0.05) is 13.2 Å². The van der Waals surface area contributed by atoms with Crippen LogP contribution in [-0.2, 0) is 16.1 Å². The van der Waals surface area contributed by atoms with Gasteiger partial charge in [-0.15, -0.1) is 0 Å². The fraction of sp³-hybridized carbons (Fsp3) is 0.500. The van der Waals surface area contributed by atoms with Gasteiger partial charge in [-0.3, -0.25) is 9.63 Å². The van der Waals surface area contributed by atoms with E-state index in [1.165, 1.54) is 5.06 Å². The second-order valence-electron chi connectivity index (χ2n) is 3.71. The van der Waals surface area contributed by atoms with Crippen LogP contribution in [0.5, 0.6) is 0 Å². The van der Waals surface area contributed by atoms with Crippen LogP contribution in [-0.4, -0.2) is 29.6 Å². The van der Waals surface area contributed by atoms with E-state index < -0.39 is 0 Å². The molecule has 1 rings (SSSR count). The Labute approximate surface area is 106 Å². The van der Waals surface area contributed by atoms with E-state index in [4.69, 9.17) is 16.4 Å². The molecule has 0 atom stereocenters. The maximum absolute atomic E-state index is 11.8. The molecule has 0 aromatic carbocycles. The van der Waals surface area contributed by atoms with Gasteiger partial charge < -0.3 is 0 Å². The first kappa shape index (κ1) is 13.9. The highest BCUT2D eigenvalue weighted by atomic mass is 35.5. The largest absolute Gasteiger partial charge is 0.272 e. The summed E-state index contributed by atoms with van der Waals surface area (Å²) in [4.78, 5) is 21.0. The molecule has 0 aliphatic carbocycles. The fourth-order valence-electron chi connectivity index (χ4n) is 1.24. The van der Waals surface area contributed by atoms with Crippen LogP contribution in [0.15, 0.2) is 18.3 Å². The number of nitrogens with zero attached hydrogens (tertiary/aromatic N) is 2. The van der Waals surface area contributed by atoms with E-state index in [2.05, 4.69) is 11.9 Å². The van der Waals surface area contributed by atoms with E-state index in [1.807, 2.05) is 0 Å². The van der Waals surface area contributed by atoms with Gasteiger partial charge in [0.2, 0.25) is 5.91 Å². The molecule has 0 fully saturated rings. The van der Waals surface area contributed by atoms with Gasteiger partial charge in [0.25, 0.3) is 0 Å². The lowest BCUT2D eigenvalue weighted by atomic mass is 10.2. The Bertz CT molecular complexity index is 371. The number of carbonyl (C=O) groups excluding carboxylic acids is 1. The molecule has 1 aromatic heterocycles. The number of carbonyl (C=O) groups is 1. The van der Waals surface area contributed by atoms with Crippen molar-refractivity contribution < 1.29 is 9.63 Å². The molecule has 0 N–H and O–H groups in total. The third-order valence-corrected chi connectivity index (χ3v) is 2.65. The SMILES string of the molecule is CCCCON(C)C(=O)Cc1cccnc1Cl. The quantitative estimate of drug-likeness (QED) is 0.446. The van der Waals surface area contributed by atoms with Crippen molar-refractivity contribution in [3.8, 4) is 0 Å². The molecule has 0 aliphatic rings. The maximum Gasteiger partial charge on any atom is 0.250 e. The zero-order chi connectivity index (χ0) is 12.7. The standard InChI is InChI=1S/C12H17ClN2O2/c1-3-4-8-17-15(2)11(16)9-10-6-5-7-14-12(10)13/h5-7H,3-4,8-9H2,1-2H3. The number of halogens is 1. The smallest absolute Gasteiger partial charge is 0.250 e. The summed E-state index contributed by atoms with van der Waals surface area (Å²) in [7, 11) is 1.61. The number of likely N-dealkylation sites (N-methyl/N-ethyl adjacent to an activating group) is 1. The number of aromatic nitrogens is 1. The summed E-state index contributed by atoms with van der Waals surface area (Å²) >= 11 is 5.88. The Balaban J connectivity index is 2.46. The number of hydroxylamine groups is 2. The lowest BCUT2D eigenvalue weighted by Gasteiger charge is -2.16. The zero-order valence-corrected chi connectivity index (χ0v) is 10.9. The highest BCUT2D eigenvalue weighted by Gasteiger charge is 2.12. The molecular weight excluding hydrogens is 240 g/mol.